The van der Waals surface area contributed by atoms with Gasteiger partial charge in [0.1, 0.15) is 5.82 Å². The number of aliphatic hydroxyl groups is 1. The lowest BCUT2D eigenvalue weighted by atomic mass is 9.97. The number of aryl methyl sites for hydroxylation is 1. The van der Waals surface area contributed by atoms with Gasteiger partial charge in [-0.3, -0.25) is 0 Å². The van der Waals surface area contributed by atoms with Crippen LogP contribution in [0, 0.1) is 0 Å². The number of amides is 2. The van der Waals surface area contributed by atoms with Crippen LogP contribution in [0.3, 0.4) is 0 Å². The minimum atomic E-state index is -4.93. The van der Waals surface area contributed by atoms with Gasteiger partial charge in [-0.15, -0.1) is 0 Å². The van der Waals surface area contributed by atoms with Gasteiger partial charge in [-0.05, 0) is 6.07 Å². The molecular weight excluding hydrogens is 329 g/mol. The smallest absolute Gasteiger partial charge is 0.424 e. The van der Waals surface area contributed by atoms with Gasteiger partial charge in [0.25, 0.3) is 0 Å². The minimum Gasteiger partial charge on any atom is -0.472 e. The molecule has 0 fully saturated rings. The molecule has 0 aliphatic rings. The Labute approximate surface area is 135 Å². The molecule has 0 unspecified atom stereocenters. The van der Waals surface area contributed by atoms with Crippen LogP contribution in [0.5, 0.6) is 0 Å². The normalized spacial score (nSPS) is 14.2. The van der Waals surface area contributed by atoms with E-state index in [4.69, 9.17) is 4.42 Å². The molecule has 0 aliphatic carbocycles. The lowest BCUT2D eigenvalue weighted by Gasteiger charge is -2.29. The van der Waals surface area contributed by atoms with Crippen molar-refractivity contribution in [3.63, 3.8) is 0 Å². The first-order chi connectivity index (χ1) is 11.2. The molecule has 2 heterocycles. The molecule has 132 valence electrons. The van der Waals surface area contributed by atoms with Crippen molar-refractivity contribution in [2.75, 3.05) is 6.54 Å². The van der Waals surface area contributed by atoms with Gasteiger partial charge in [0.15, 0.2) is 0 Å². The van der Waals surface area contributed by atoms with Gasteiger partial charge in [0.05, 0.1) is 12.5 Å². The molecule has 0 spiro atoms. The van der Waals surface area contributed by atoms with Gasteiger partial charge < -0.3 is 24.7 Å². The quantitative estimate of drug-likeness (QED) is 0.742. The molecule has 7 nitrogen and oxygen atoms in total. The average molecular weight is 346 g/mol. The second-order valence-electron chi connectivity index (χ2n) is 5.21. The van der Waals surface area contributed by atoms with Crippen molar-refractivity contribution >= 4 is 6.03 Å². The van der Waals surface area contributed by atoms with Crippen molar-refractivity contribution in [3.8, 4) is 0 Å². The molecule has 2 aromatic rings. The van der Waals surface area contributed by atoms with Crippen LogP contribution in [0.15, 0.2) is 35.4 Å². The number of nitrogens with one attached hydrogen (secondary N) is 2. The summed E-state index contributed by atoms with van der Waals surface area (Å²) in [7, 11) is 1.35. The number of nitrogens with zero attached hydrogens (tertiary/aromatic N) is 2. The highest BCUT2D eigenvalue weighted by Gasteiger charge is 2.57. The van der Waals surface area contributed by atoms with E-state index in [1.54, 1.807) is 6.07 Å². The van der Waals surface area contributed by atoms with Crippen LogP contribution < -0.4 is 10.6 Å². The number of urea groups is 1. The summed E-state index contributed by atoms with van der Waals surface area (Å²) in [5, 5.41) is 14.8. The van der Waals surface area contributed by atoms with Crippen LogP contribution in [0.25, 0.3) is 0 Å². The highest BCUT2D eigenvalue weighted by Crippen LogP contribution is 2.40. The molecule has 3 N–H and O–H groups in total. The third kappa shape index (κ3) is 3.88. The maximum absolute atomic E-state index is 13.3. The number of furan rings is 1. The summed E-state index contributed by atoms with van der Waals surface area (Å²) in [5.74, 6) is -0.532. The van der Waals surface area contributed by atoms with E-state index >= 15 is 0 Å². The number of aromatic nitrogens is 2. The van der Waals surface area contributed by atoms with Crippen molar-refractivity contribution in [2.45, 2.75) is 24.7 Å². The fourth-order valence-electron chi connectivity index (χ4n) is 2.14. The van der Waals surface area contributed by atoms with Crippen LogP contribution in [0.1, 0.15) is 17.8 Å². The average Bonchev–Trinajstić information content (AvgIpc) is 3.15. The van der Waals surface area contributed by atoms with E-state index in [2.05, 4.69) is 15.6 Å². The first-order valence-corrected chi connectivity index (χ1v) is 7.04. The summed E-state index contributed by atoms with van der Waals surface area (Å²) in [5.41, 5.74) is -2.44. The van der Waals surface area contributed by atoms with E-state index < -0.39 is 30.1 Å². The van der Waals surface area contributed by atoms with Crippen LogP contribution in [0.4, 0.5) is 18.0 Å². The van der Waals surface area contributed by atoms with E-state index in [0.29, 0.717) is 5.56 Å². The molecule has 1 atom stereocenters. The van der Waals surface area contributed by atoms with Gasteiger partial charge >= 0.3 is 12.2 Å². The number of rotatable bonds is 6. The third-order valence-corrected chi connectivity index (χ3v) is 3.47. The highest BCUT2D eigenvalue weighted by atomic mass is 19.4. The first-order valence-electron chi connectivity index (χ1n) is 7.04. The Kier molecular flexibility index (Phi) is 5.17. The molecule has 0 radical (unpaired) electrons. The number of imidazole rings is 1. The van der Waals surface area contributed by atoms with Crippen molar-refractivity contribution in [1.82, 2.24) is 20.2 Å². The molecule has 0 saturated heterocycles. The Balaban J connectivity index is 1.92. The first kappa shape index (κ1) is 17.9. The topological polar surface area (TPSA) is 92.3 Å². The summed E-state index contributed by atoms with van der Waals surface area (Å²) in [4.78, 5) is 15.2. The number of hydrogen-bond acceptors (Lipinski definition) is 4. The molecule has 0 aromatic carbocycles. The Bertz CT molecular complexity index is 669. The monoisotopic (exact) mass is 346 g/mol. The van der Waals surface area contributed by atoms with E-state index in [-0.39, 0.29) is 13.1 Å². The molecule has 24 heavy (non-hydrogen) atoms. The van der Waals surface area contributed by atoms with Crippen molar-refractivity contribution in [1.29, 1.82) is 0 Å². The van der Waals surface area contributed by atoms with Crippen LogP contribution in [0.2, 0.25) is 0 Å². The highest BCUT2D eigenvalue weighted by molar-refractivity contribution is 5.73. The minimum absolute atomic E-state index is 0.172. The second kappa shape index (κ2) is 6.95. The maximum Gasteiger partial charge on any atom is 0.424 e. The number of carbonyl (C=O) groups is 1. The molecule has 2 amide bonds. The largest absolute Gasteiger partial charge is 0.472 e. The van der Waals surface area contributed by atoms with E-state index in [9.17, 15) is 23.1 Å². The molecule has 10 heteroatoms. The summed E-state index contributed by atoms with van der Waals surface area (Å²) in [6.07, 6.45) is -0.356. The summed E-state index contributed by atoms with van der Waals surface area (Å²) in [6.45, 7) is -0.217. The molecule has 0 aliphatic heterocycles. The zero-order valence-corrected chi connectivity index (χ0v) is 12.8. The molecule has 0 bridgehead atoms. The fraction of sp³-hybridized carbons (Fsp3) is 0.429. The zero-order valence-electron chi connectivity index (χ0n) is 12.8. The Morgan fingerprint density at radius 3 is 2.71 bits per heavy atom. The van der Waals surface area contributed by atoms with Gasteiger partial charge in [-0.1, -0.05) is 0 Å². The van der Waals surface area contributed by atoms with E-state index in [1.165, 1.54) is 25.8 Å². The van der Waals surface area contributed by atoms with Crippen LogP contribution in [-0.4, -0.2) is 33.4 Å². The Morgan fingerprint density at radius 2 is 2.17 bits per heavy atom. The maximum atomic E-state index is 13.3. The number of halogens is 3. The number of alkyl halides is 3. The third-order valence-electron chi connectivity index (χ3n) is 3.47. The van der Waals surface area contributed by atoms with Crippen molar-refractivity contribution in [3.05, 3.63) is 42.4 Å². The van der Waals surface area contributed by atoms with Crippen molar-refractivity contribution in [2.24, 2.45) is 7.05 Å². The molecule has 2 aromatic heterocycles. The van der Waals surface area contributed by atoms with E-state index in [1.807, 2.05) is 0 Å². The SMILES string of the molecule is Cn1ccnc1[C@@](O)(CCNC(=O)NCc1ccoc1)C(F)(F)F. The predicted molar refractivity (Wildman–Crippen MR) is 76.7 cm³/mol. The van der Waals surface area contributed by atoms with Crippen LogP contribution in [-0.2, 0) is 19.2 Å². The van der Waals surface area contributed by atoms with Gasteiger partial charge in [-0.2, -0.15) is 13.2 Å². The zero-order chi connectivity index (χ0) is 17.8. The van der Waals surface area contributed by atoms with Crippen molar-refractivity contribution < 1.29 is 27.5 Å². The molecular formula is C14H17F3N4O3. The van der Waals surface area contributed by atoms with Gasteiger partial charge in [0, 0.05) is 44.5 Å². The predicted octanol–water partition coefficient (Wildman–Crippen LogP) is 1.65. The standard InChI is InChI=1S/C14H17F3N4O3/c1-21-6-5-18-11(21)13(23,14(15,16)17)3-4-19-12(22)20-8-10-2-7-24-9-10/h2,5-7,9,23H,3-4,8H2,1H3,(H2,19,20,22)/t13-/m0/s1. The molecule has 2 rings (SSSR count). The van der Waals surface area contributed by atoms with E-state index in [0.717, 1.165) is 10.8 Å². The Hall–Kier alpha value is -2.49. The number of hydrogen-bond donors (Lipinski definition) is 3. The summed E-state index contributed by atoms with van der Waals surface area (Å²) >= 11 is 0. The lowest BCUT2D eigenvalue weighted by Crippen LogP contribution is -2.47. The molecule has 0 saturated carbocycles. The second-order valence-corrected chi connectivity index (χ2v) is 5.21. The van der Waals surface area contributed by atoms with Gasteiger partial charge in [0.2, 0.25) is 5.60 Å². The summed E-state index contributed by atoms with van der Waals surface area (Å²) in [6, 6.07) is 0.990. The lowest BCUT2D eigenvalue weighted by molar-refractivity contribution is -0.272. The van der Waals surface area contributed by atoms with Gasteiger partial charge in [-0.25, -0.2) is 9.78 Å². The Morgan fingerprint density at radius 1 is 1.42 bits per heavy atom. The fourth-order valence-corrected chi connectivity index (χ4v) is 2.14. The number of carbonyl (C=O) groups excluding carboxylic acids is 1. The summed E-state index contributed by atoms with van der Waals surface area (Å²) < 4.78 is 45.7. The van der Waals surface area contributed by atoms with Crippen LogP contribution >= 0.6 is 0 Å².